The summed E-state index contributed by atoms with van der Waals surface area (Å²) in [5.41, 5.74) is 14.1. The SMILES string of the molecule is COc1ccc(-c2nc3ccc(-c4ccc5nc(-c6ccccc6)c(-c6ccc(C)cc6)nc5c4)cc3nc2-c2ccccc2)cc1. The highest BCUT2D eigenvalue weighted by Crippen LogP contribution is 2.35. The van der Waals surface area contributed by atoms with E-state index in [4.69, 9.17) is 24.7 Å². The van der Waals surface area contributed by atoms with E-state index in [0.717, 1.165) is 84.0 Å². The van der Waals surface area contributed by atoms with E-state index < -0.39 is 0 Å². The van der Waals surface area contributed by atoms with Crippen molar-refractivity contribution in [2.24, 2.45) is 0 Å². The maximum atomic E-state index is 5.39. The van der Waals surface area contributed by atoms with Crippen LogP contribution in [0.1, 0.15) is 5.56 Å². The number of benzene rings is 6. The number of nitrogens with zero attached hydrogens (tertiary/aromatic N) is 4. The average molecular weight is 607 g/mol. The summed E-state index contributed by atoms with van der Waals surface area (Å²) in [6, 6.07) is 49.5. The van der Waals surface area contributed by atoms with E-state index in [1.165, 1.54) is 5.56 Å². The normalized spacial score (nSPS) is 11.2. The van der Waals surface area contributed by atoms with Crippen LogP contribution in [0.15, 0.2) is 146 Å². The fourth-order valence-corrected chi connectivity index (χ4v) is 5.93. The van der Waals surface area contributed by atoms with Gasteiger partial charge in [0.25, 0.3) is 0 Å². The summed E-state index contributed by atoms with van der Waals surface area (Å²) in [5, 5.41) is 0. The van der Waals surface area contributed by atoms with Gasteiger partial charge in [0, 0.05) is 22.3 Å². The molecule has 0 saturated heterocycles. The van der Waals surface area contributed by atoms with Gasteiger partial charge in [-0.1, -0.05) is 103 Å². The maximum absolute atomic E-state index is 5.39. The predicted octanol–water partition coefficient (Wildman–Crippen LogP) is 10.2. The molecule has 2 heterocycles. The Balaban J connectivity index is 1.26. The van der Waals surface area contributed by atoms with Gasteiger partial charge >= 0.3 is 0 Å². The predicted molar refractivity (Wildman–Crippen MR) is 191 cm³/mol. The fourth-order valence-electron chi connectivity index (χ4n) is 5.93. The second-order valence-corrected chi connectivity index (χ2v) is 11.6. The lowest BCUT2D eigenvalue weighted by molar-refractivity contribution is 0.415. The van der Waals surface area contributed by atoms with E-state index in [0.29, 0.717) is 0 Å². The molecular formula is C42H30N4O. The Hall–Kier alpha value is -6.20. The van der Waals surface area contributed by atoms with Crippen molar-refractivity contribution in [1.82, 2.24) is 19.9 Å². The molecule has 0 aliphatic heterocycles. The first kappa shape index (κ1) is 28.3. The van der Waals surface area contributed by atoms with Gasteiger partial charge in [0.1, 0.15) is 5.75 Å². The van der Waals surface area contributed by atoms with Gasteiger partial charge in [-0.05, 0) is 66.6 Å². The second-order valence-electron chi connectivity index (χ2n) is 11.6. The summed E-state index contributed by atoms with van der Waals surface area (Å²) in [4.78, 5) is 20.7. The van der Waals surface area contributed by atoms with Crippen LogP contribution < -0.4 is 4.74 Å². The highest BCUT2D eigenvalue weighted by atomic mass is 16.5. The Morgan fingerprint density at radius 2 is 0.723 bits per heavy atom. The minimum atomic E-state index is 0.802. The number of aromatic nitrogens is 4. The molecule has 5 nitrogen and oxygen atoms in total. The largest absolute Gasteiger partial charge is 0.497 e. The van der Waals surface area contributed by atoms with Crippen LogP contribution in [0.3, 0.4) is 0 Å². The monoisotopic (exact) mass is 606 g/mol. The number of rotatable bonds is 6. The Kier molecular flexibility index (Phi) is 7.19. The molecule has 224 valence electrons. The van der Waals surface area contributed by atoms with Crippen molar-refractivity contribution in [2.45, 2.75) is 6.92 Å². The van der Waals surface area contributed by atoms with Crippen LogP contribution in [-0.4, -0.2) is 27.0 Å². The van der Waals surface area contributed by atoms with Gasteiger partial charge in [0.05, 0.1) is 52.0 Å². The summed E-state index contributed by atoms with van der Waals surface area (Å²) < 4.78 is 5.39. The number of hydrogen-bond acceptors (Lipinski definition) is 5. The molecule has 0 aliphatic rings. The molecule has 47 heavy (non-hydrogen) atoms. The first-order valence-electron chi connectivity index (χ1n) is 15.6. The van der Waals surface area contributed by atoms with Gasteiger partial charge in [0.2, 0.25) is 0 Å². The topological polar surface area (TPSA) is 60.8 Å². The van der Waals surface area contributed by atoms with Crippen LogP contribution in [0.4, 0.5) is 0 Å². The van der Waals surface area contributed by atoms with Gasteiger partial charge in [-0.3, -0.25) is 0 Å². The summed E-state index contributed by atoms with van der Waals surface area (Å²) >= 11 is 0. The molecule has 0 atom stereocenters. The molecule has 0 bridgehead atoms. The van der Waals surface area contributed by atoms with E-state index >= 15 is 0 Å². The Morgan fingerprint density at radius 1 is 0.362 bits per heavy atom. The number of aryl methyl sites for hydroxylation is 1. The number of ether oxygens (including phenoxy) is 1. The molecule has 8 rings (SSSR count). The van der Waals surface area contributed by atoms with Crippen LogP contribution in [-0.2, 0) is 0 Å². The van der Waals surface area contributed by atoms with E-state index in [1.54, 1.807) is 7.11 Å². The Labute approximate surface area is 273 Å². The van der Waals surface area contributed by atoms with Crippen LogP contribution >= 0.6 is 0 Å². The first-order chi connectivity index (χ1) is 23.1. The average Bonchev–Trinajstić information content (AvgIpc) is 3.14. The van der Waals surface area contributed by atoms with Crippen LogP contribution in [0, 0.1) is 6.92 Å². The molecule has 2 aromatic heterocycles. The van der Waals surface area contributed by atoms with Crippen molar-refractivity contribution < 1.29 is 4.74 Å². The minimum absolute atomic E-state index is 0.802. The zero-order valence-corrected chi connectivity index (χ0v) is 26.1. The third-order valence-corrected chi connectivity index (χ3v) is 8.44. The lowest BCUT2D eigenvalue weighted by atomic mass is 10.0. The number of hydrogen-bond donors (Lipinski definition) is 0. The minimum Gasteiger partial charge on any atom is -0.497 e. The van der Waals surface area contributed by atoms with Gasteiger partial charge in [0.15, 0.2) is 0 Å². The summed E-state index contributed by atoms with van der Waals surface area (Å²) in [6.45, 7) is 2.09. The highest BCUT2D eigenvalue weighted by Gasteiger charge is 2.16. The van der Waals surface area contributed by atoms with Crippen LogP contribution in [0.5, 0.6) is 5.75 Å². The molecule has 0 fully saturated rings. The molecule has 0 N–H and O–H groups in total. The van der Waals surface area contributed by atoms with E-state index in [-0.39, 0.29) is 0 Å². The van der Waals surface area contributed by atoms with Crippen molar-refractivity contribution >= 4 is 22.1 Å². The van der Waals surface area contributed by atoms with Crippen LogP contribution in [0.25, 0.3) is 78.2 Å². The maximum Gasteiger partial charge on any atom is 0.118 e. The molecule has 0 saturated carbocycles. The van der Waals surface area contributed by atoms with Crippen molar-refractivity contribution in [3.8, 4) is 61.9 Å². The quantitative estimate of drug-likeness (QED) is 0.188. The lowest BCUT2D eigenvalue weighted by Gasteiger charge is -2.13. The summed E-state index contributed by atoms with van der Waals surface area (Å²) in [5.74, 6) is 0.802. The Morgan fingerprint density at radius 3 is 1.15 bits per heavy atom. The van der Waals surface area contributed by atoms with E-state index in [1.807, 2.05) is 66.7 Å². The highest BCUT2D eigenvalue weighted by molar-refractivity contribution is 5.92. The van der Waals surface area contributed by atoms with Gasteiger partial charge in [-0.15, -0.1) is 0 Å². The summed E-state index contributed by atoms with van der Waals surface area (Å²) in [7, 11) is 1.67. The lowest BCUT2D eigenvalue weighted by Crippen LogP contribution is -1.97. The molecule has 0 radical (unpaired) electrons. The molecule has 0 unspecified atom stereocenters. The van der Waals surface area contributed by atoms with Crippen molar-refractivity contribution in [2.75, 3.05) is 7.11 Å². The summed E-state index contributed by atoms with van der Waals surface area (Å²) in [6.07, 6.45) is 0. The van der Waals surface area contributed by atoms with Crippen LogP contribution in [0.2, 0.25) is 0 Å². The standard InChI is InChI=1S/C42H30N4O/c1-27-13-15-30(16-14-27)42-39(28-9-5-3-6-10-28)43-35-23-19-33(26-38(35)46-42)32-20-24-36-37(25-32)45-40(29-11-7-4-8-12-29)41(44-36)31-17-21-34(47-2)22-18-31/h3-26H,1-2H3. The molecule has 6 aromatic carbocycles. The van der Waals surface area contributed by atoms with Crippen molar-refractivity contribution in [1.29, 1.82) is 0 Å². The molecule has 8 aromatic rings. The third kappa shape index (κ3) is 5.49. The van der Waals surface area contributed by atoms with Gasteiger partial charge < -0.3 is 4.74 Å². The number of methoxy groups -OCH3 is 1. The van der Waals surface area contributed by atoms with Crippen molar-refractivity contribution in [3.63, 3.8) is 0 Å². The van der Waals surface area contributed by atoms with Gasteiger partial charge in [-0.2, -0.15) is 0 Å². The van der Waals surface area contributed by atoms with Gasteiger partial charge in [-0.25, -0.2) is 19.9 Å². The first-order valence-corrected chi connectivity index (χ1v) is 15.6. The smallest absolute Gasteiger partial charge is 0.118 e. The molecule has 0 amide bonds. The zero-order chi connectivity index (χ0) is 31.7. The second kappa shape index (κ2) is 12.0. The molecule has 0 spiro atoms. The fraction of sp³-hybridized carbons (Fsp3) is 0.0476. The van der Waals surface area contributed by atoms with Crippen molar-refractivity contribution in [3.05, 3.63) is 151 Å². The number of fused-ring (bicyclic) bond motifs is 2. The molecular weight excluding hydrogens is 576 g/mol. The zero-order valence-electron chi connectivity index (χ0n) is 26.1. The third-order valence-electron chi connectivity index (χ3n) is 8.44. The Bertz CT molecular complexity index is 2370. The van der Waals surface area contributed by atoms with E-state index in [2.05, 4.69) is 85.8 Å². The van der Waals surface area contributed by atoms with E-state index in [9.17, 15) is 0 Å². The molecule has 5 heteroatoms. The molecule has 0 aliphatic carbocycles.